The molecule has 5 heteroatoms. The van der Waals surface area contributed by atoms with Crippen LogP contribution in [0.4, 0.5) is 4.39 Å². The minimum absolute atomic E-state index is 0.342. The highest BCUT2D eigenvalue weighted by atomic mass is 79.9. The number of nitrogens with two attached hydrogens (primary N) is 1. The highest BCUT2D eigenvalue weighted by molar-refractivity contribution is 9.10. The lowest BCUT2D eigenvalue weighted by molar-refractivity contribution is 0.351. The van der Waals surface area contributed by atoms with Gasteiger partial charge in [-0.25, -0.2) is 4.39 Å². The molecule has 112 valence electrons. The van der Waals surface area contributed by atoms with Gasteiger partial charge in [0.15, 0.2) is 11.5 Å². The van der Waals surface area contributed by atoms with Crippen LogP contribution in [0.5, 0.6) is 11.5 Å². The first kappa shape index (κ1) is 15.8. The molecule has 0 bridgehead atoms. The van der Waals surface area contributed by atoms with Crippen LogP contribution in [0.15, 0.2) is 34.8 Å². The number of halogens is 2. The lowest BCUT2D eigenvalue weighted by atomic mass is 9.97. The van der Waals surface area contributed by atoms with Gasteiger partial charge in [0.05, 0.1) is 20.3 Å². The third kappa shape index (κ3) is 3.19. The third-order valence-electron chi connectivity index (χ3n) is 3.33. The zero-order chi connectivity index (χ0) is 15.6. The molecule has 0 aliphatic carbocycles. The van der Waals surface area contributed by atoms with E-state index in [-0.39, 0.29) is 0 Å². The van der Waals surface area contributed by atoms with Crippen LogP contribution in [-0.4, -0.2) is 14.2 Å². The smallest absolute Gasteiger partial charge is 0.163 e. The van der Waals surface area contributed by atoms with Crippen LogP contribution in [0.1, 0.15) is 22.7 Å². The Morgan fingerprint density at radius 3 is 2.24 bits per heavy atom. The van der Waals surface area contributed by atoms with E-state index in [2.05, 4.69) is 15.9 Å². The van der Waals surface area contributed by atoms with E-state index in [4.69, 9.17) is 15.2 Å². The molecule has 0 aliphatic heterocycles. The Labute approximate surface area is 132 Å². The van der Waals surface area contributed by atoms with Gasteiger partial charge in [-0.2, -0.15) is 0 Å². The predicted molar refractivity (Wildman–Crippen MR) is 84.4 cm³/mol. The maximum absolute atomic E-state index is 14.3. The fourth-order valence-electron chi connectivity index (χ4n) is 2.16. The quantitative estimate of drug-likeness (QED) is 0.904. The average molecular weight is 354 g/mol. The second-order valence-corrected chi connectivity index (χ2v) is 5.59. The molecule has 2 aromatic carbocycles. The van der Waals surface area contributed by atoms with E-state index in [1.54, 1.807) is 6.07 Å². The van der Waals surface area contributed by atoms with Crippen LogP contribution in [0, 0.1) is 12.7 Å². The summed E-state index contributed by atoms with van der Waals surface area (Å²) in [5.41, 5.74) is 8.49. The number of ether oxygens (including phenoxy) is 2. The molecule has 2 N–H and O–H groups in total. The fourth-order valence-corrected chi connectivity index (χ4v) is 2.90. The summed E-state index contributed by atoms with van der Waals surface area (Å²) in [6.07, 6.45) is 0. The molecule has 1 atom stereocenters. The molecular formula is C16H17BrFNO2. The summed E-state index contributed by atoms with van der Waals surface area (Å²) in [4.78, 5) is 0. The van der Waals surface area contributed by atoms with Gasteiger partial charge in [-0.1, -0.05) is 28.1 Å². The Hall–Kier alpha value is -1.59. The Bertz CT molecular complexity index is 661. The number of aryl methyl sites for hydroxylation is 1. The van der Waals surface area contributed by atoms with Gasteiger partial charge in [0.1, 0.15) is 5.82 Å². The maximum Gasteiger partial charge on any atom is 0.163 e. The number of methoxy groups -OCH3 is 2. The zero-order valence-electron chi connectivity index (χ0n) is 12.1. The van der Waals surface area contributed by atoms with Gasteiger partial charge in [0, 0.05) is 16.1 Å². The fraction of sp³-hybridized carbons (Fsp3) is 0.250. The van der Waals surface area contributed by atoms with Crippen molar-refractivity contribution in [2.24, 2.45) is 5.73 Å². The van der Waals surface area contributed by atoms with Crippen LogP contribution in [-0.2, 0) is 0 Å². The van der Waals surface area contributed by atoms with Crippen molar-refractivity contribution in [3.05, 3.63) is 57.3 Å². The van der Waals surface area contributed by atoms with Crippen molar-refractivity contribution in [3.8, 4) is 11.5 Å². The highest BCUT2D eigenvalue weighted by Crippen LogP contribution is 2.35. The number of hydrogen-bond acceptors (Lipinski definition) is 3. The Morgan fingerprint density at radius 1 is 1.05 bits per heavy atom. The summed E-state index contributed by atoms with van der Waals surface area (Å²) < 4.78 is 25.4. The van der Waals surface area contributed by atoms with Crippen molar-refractivity contribution in [1.82, 2.24) is 0 Å². The van der Waals surface area contributed by atoms with Gasteiger partial charge in [0.2, 0.25) is 0 Å². The minimum atomic E-state index is -0.597. The largest absolute Gasteiger partial charge is 0.493 e. The van der Waals surface area contributed by atoms with E-state index in [0.717, 1.165) is 15.6 Å². The van der Waals surface area contributed by atoms with Crippen molar-refractivity contribution in [3.63, 3.8) is 0 Å². The van der Waals surface area contributed by atoms with Gasteiger partial charge in [-0.05, 0) is 30.2 Å². The van der Waals surface area contributed by atoms with Crippen molar-refractivity contribution in [2.45, 2.75) is 13.0 Å². The second-order valence-electron chi connectivity index (χ2n) is 4.73. The van der Waals surface area contributed by atoms with Crippen LogP contribution >= 0.6 is 15.9 Å². The van der Waals surface area contributed by atoms with Gasteiger partial charge in [-0.15, -0.1) is 0 Å². The van der Waals surface area contributed by atoms with E-state index < -0.39 is 11.9 Å². The Kier molecular flexibility index (Phi) is 4.85. The Balaban J connectivity index is 2.50. The molecule has 0 radical (unpaired) electrons. The van der Waals surface area contributed by atoms with Crippen LogP contribution in [0.2, 0.25) is 0 Å². The topological polar surface area (TPSA) is 44.5 Å². The predicted octanol–water partition coefficient (Wildman–Crippen LogP) is 3.96. The number of rotatable bonds is 4. The summed E-state index contributed by atoms with van der Waals surface area (Å²) >= 11 is 3.47. The summed E-state index contributed by atoms with van der Waals surface area (Å²) in [7, 11) is 2.97. The van der Waals surface area contributed by atoms with E-state index in [1.165, 1.54) is 20.3 Å². The molecule has 0 aromatic heterocycles. The lowest BCUT2D eigenvalue weighted by Gasteiger charge is -2.18. The average Bonchev–Trinajstić information content (AvgIpc) is 2.46. The molecule has 0 amide bonds. The zero-order valence-corrected chi connectivity index (χ0v) is 13.7. The highest BCUT2D eigenvalue weighted by Gasteiger charge is 2.19. The third-order valence-corrected chi connectivity index (χ3v) is 4.02. The standard InChI is InChI=1S/C16H17BrFNO2/c1-9-4-5-10(12(17)6-9)16(19)11-7-14(20-2)15(21-3)8-13(11)18/h4-8,16H,19H2,1-3H3. The van der Waals surface area contributed by atoms with E-state index >= 15 is 0 Å². The van der Waals surface area contributed by atoms with Crippen molar-refractivity contribution in [2.75, 3.05) is 14.2 Å². The van der Waals surface area contributed by atoms with E-state index in [1.807, 2.05) is 25.1 Å². The monoisotopic (exact) mass is 353 g/mol. The van der Waals surface area contributed by atoms with Crippen LogP contribution in [0.3, 0.4) is 0 Å². The van der Waals surface area contributed by atoms with Gasteiger partial charge in [-0.3, -0.25) is 0 Å². The van der Waals surface area contributed by atoms with Crippen molar-refractivity contribution < 1.29 is 13.9 Å². The molecule has 21 heavy (non-hydrogen) atoms. The summed E-state index contributed by atoms with van der Waals surface area (Å²) in [5, 5.41) is 0. The van der Waals surface area contributed by atoms with E-state index in [9.17, 15) is 4.39 Å². The summed E-state index contributed by atoms with van der Waals surface area (Å²) in [6.45, 7) is 1.98. The SMILES string of the molecule is COc1cc(F)c(C(N)c2ccc(C)cc2Br)cc1OC. The van der Waals surface area contributed by atoms with E-state index in [0.29, 0.717) is 17.1 Å². The molecule has 2 aromatic rings. The normalized spacial score (nSPS) is 12.1. The van der Waals surface area contributed by atoms with Crippen LogP contribution < -0.4 is 15.2 Å². The molecule has 0 spiro atoms. The molecule has 3 nitrogen and oxygen atoms in total. The maximum atomic E-state index is 14.3. The molecule has 0 aliphatic rings. The van der Waals surface area contributed by atoms with Gasteiger partial charge >= 0.3 is 0 Å². The van der Waals surface area contributed by atoms with Gasteiger partial charge < -0.3 is 15.2 Å². The molecule has 0 saturated heterocycles. The molecule has 0 fully saturated rings. The Morgan fingerprint density at radius 2 is 1.67 bits per heavy atom. The minimum Gasteiger partial charge on any atom is -0.493 e. The van der Waals surface area contributed by atoms with Crippen molar-refractivity contribution in [1.29, 1.82) is 0 Å². The molecule has 0 saturated carbocycles. The number of hydrogen-bond donors (Lipinski definition) is 1. The lowest BCUT2D eigenvalue weighted by Crippen LogP contribution is -2.15. The van der Waals surface area contributed by atoms with Crippen LogP contribution in [0.25, 0.3) is 0 Å². The molecule has 0 heterocycles. The second kappa shape index (κ2) is 6.45. The summed E-state index contributed by atoms with van der Waals surface area (Å²) in [5.74, 6) is 0.370. The first-order valence-electron chi connectivity index (χ1n) is 6.41. The first-order chi connectivity index (χ1) is 9.97. The molecule has 1 unspecified atom stereocenters. The first-order valence-corrected chi connectivity index (χ1v) is 7.20. The molecule has 2 rings (SSSR count). The van der Waals surface area contributed by atoms with Crippen molar-refractivity contribution >= 4 is 15.9 Å². The summed E-state index contributed by atoms with van der Waals surface area (Å²) in [6, 6.07) is 8.05. The molecular weight excluding hydrogens is 337 g/mol. The van der Waals surface area contributed by atoms with Gasteiger partial charge in [0.25, 0.3) is 0 Å². The number of benzene rings is 2.